The molecule has 27 rings (SSSR count). The van der Waals surface area contributed by atoms with Crippen molar-refractivity contribution >= 4 is 194 Å². The summed E-state index contributed by atoms with van der Waals surface area (Å²) in [5.41, 5.74) is 26.3. The lowest BCUT2D eigenvalue weighted by molar-refractivity contribution is 0.834. The monoisotopic (exact) mass is 1810 g/mol. The summed E-state index contributed by atoms with van der Waals surface area (Å²) in [4.78, 5) is 0. The number of rotatable bonds is 10. The summed E-state index contributed by atoms with van der Waals surface area (Å²) in [6, 6.07) is 160. The minimum absolute atomic E-state index is 0.426. The molecule has 0 atom stereocenters. The Hall–Kier alpha value is -16.4. The molecule has 0 aliphatic carbocycles. The second-order valence-corrected chi connectivity index (χ2v) is 41.4. The van der Waals surface area contributed by atoms with Crippen molar-refractivity contribution in [2.45, 2.75) is 107 Å². The van der Waals surface area contributed by atoms with E-state index in [1.54, 1.807) is 0 Å². The van der Waals surface area contributed by atoms with Crippen LogP contribution >= 0.6 is 0 Å². The van der Waals surface area contributed by atoms with E-state index in [1.807, 2.05) is 0 Å². The molecule has 0 aliphatic rings. The van der Waals surface area contributed by atoms with Gasteiger partial charge in [-0.1, -0.05) is 466 Å². The van der Waals surface area contributed by atoms with E-state index in [0.717, 1.165) is 0 Å². The largest absolute Gasteiger partial charge is 0.0622 e. The van der Waals surface area contributed by atoms with Gasteiger partial charge in [-0.15, -0.1) is 0 Å². The van der Waals surface area contributed by atoms with Crippen molar-refractivity contribution in [1.82, 2.24) is 0 Å². The van der Waals surface area contributed by atoms with E-state index in [9.17, 15) is 0 Å². The average Bonchev–Trinajstić information content (AvgIpc) is 0.709. The number of hydrogen-bond acceptors (Lipinski definition) is 0. The van der Waals surface area contributed by atoms with E-state index in [2.05, 4.69) is 508 Å². The summed E-state index contributed by atoms with van der Waals surface area (Å²) >= 11 is 0. The Morgan fingerprint density at radius 2 is 0.310 bits per heavy atom. The maximum Gasteiger partial charge on any atom is -0.00201 e. The highest BCUT2D eigenvalue weighted by atomic mass is 14.3. The third-order valence-electron chi connectivity index (χ3n) is 30.9. The molecule has 0 unspecified atom stereocenters. The number of benzene rings is 27. The van der Waals surface area contributed by atoms with Crippen LogP contribution in [0.1, 0.15) is 124 Å². The van der Waals surface area contributed by atoms with E-state index >= 15 is 0 Å². The molecular formula is C142H110. The van der Waals surface area contributed by atoms with Crippen LogP contribution in [0.15, 0.2) is 425 Å². The molecule has 0 saturated heterocycles. The molecule has 0 amide bonds. The molecule has 0 heterocycles. The standard InChI is InChI=1S/C54H50.C46H34.C42H26/c1-31(2)36-23-37(32(3)4)26-40(25-36)52-45-19-13-14-20-46(45)53(41-27-38(33(5)6)24-39(28-41)34(7)8)51-30-49-48(29-50(51)52)44-18-12-11-17-43(44)47-22-21-35-15-9-10-16-42(35)54(47)49;1-27-19-28(2)22-32(21-27)44-37-15-9-10-16-38(37)45(33-23-29(3)20-30(4)24-33)43-26-41-40(25-42(43)44)36-14-8-7-13-35(36)39-18-17-31-11-5-6-12-34(31)46(39)41;1-3-14-28(15-4-1)40-33-21-11-12-22-34(33)41(29-16-5-2-6-17-29)39-26-37-36(25-38(39)40)32-20-10-9-19-31(32)35-24-23-27-13-7-8-18-30(27)42(35)37/h9-34H,1-8H3;5-26H,1-4H3;1-26H. The highest BCUT2D eigenvalue weighted by Gasteiger charge is 2.28. The molecule has 0 radical (unpaired) electrons. The fourth-order valence-corrected chi connectivity index (χ4v) is 24.5. The van der Waals surface area contributed by atoms with Gasteiger partial charge >= 0.3 is 0 Å². The van der Waals surface area contributed by atoms with E-state index in [1.165, 1.54) is 305 Å². The third-order valence-corrected chi connectivity index (χ3v) is 30.9. The van der Waals surface area contributed by atoms with Gasteiger partial charge in [0.1, 0.15) is 0 Å². The molecule has 0 spiro atoms. The highest BCUT2D eigenvalue weighted by molar-refractivity contribution is 6.39. The second kappa shape index (κ2) is 34.9. The highest BCUT2D eigenvalue weighted by Crippen LogP contribution is 2.55. The van der Waals surface area contributed by atoms with Crippen LogP contribution in [0.5, 0.6) is 0 Å². The van der Waals surface area contributed by atoms with E-state index in [0.29, 0.717) is 23.7 Å². The molecule has 0 saturated carbocycles. The van der Waals surface area contributed by atoms with Crippen LogP contribution in [0.25, 0.3) is 261 Å². The zero-order chi connectivity index (χ0) is 96.1. The molecule has 0 aliphatic heterocycles. The van der Waals surface area contributed by atoms with Crippen molar-refractivity contribution in [3.63, 3.8) is 0 Å². The lowest BCUT2D eigenvalue weighted by atomic mass is 9.81. The number of aryl methyl sites for hydroxylation is 4. The Bertz CT molecular complexity index is 9840. The summed E-state index contributed by atoms with van der Waals surface area (Å²) in [6.45, 7) is 27.5. The lowest BCUT2D eigenvalue weighted by Crippen LogP contribution is -1.98. The summed E-state index contributed by atoms with van der Waals surface area (Å²) in [6.07, 6.45) is 0. The molecule has 27 aromatic carbocycles. The van der Waals surface area contributed by atoms with E-state index in [-0.39, 0.29) is 0 Å². The van der Waals surface area contributed by atoms with Gasteiger partial charge in [-0.2, -0.15) is 0 Å². The molecule has 27 aromatic rings. The Morgan fingerprint density at radius 3 is 0.549 bits per heavy atom. The first-order valence-corrected chi connectivity index (χ1v) is 50.9. The molecule has 0 fully saturated rings. The molecule has 0 nitrogen and oxygen atoms in total. The first-order valence-electron chi connectivity index (χ1n) is 50.9. The van der Waals surface area contributed by atoms with Crippen molar-refractivity contribution in [2.75, 3.05) is 0 Å². The molecule has 0 aromatic heterocycles. The van der Waals surface area contributed by atoms with Gasteiger partial charge in [0, 0.05) is 0 Å². The molecule has 142 heavy (non-hydrogen) atoms. The summed E-state index contributed by atoms with van der Waals surface area (Å²) < 4.78 is 0. The van der Waals surface area contributed by atoms with Crippen LogP contribution < -0.4 is 0 Å². The van der Waals surface area contributed by atoms with Crippen molar-refractivity contribution in [3.8, 4) is 66.8 Å². The van der Waals surface area contributed by atoms with Gasteiger partial charge in [-0.05, 0) is 371 Å². The van der Waals surface area contributed by atoms with Gasteiger partial charge in [-0.25, -0.2) is 0 Å². The Labute approximate surface area is 830 Å². The van der Waals surface area contributed by atoms with E-state index in [4.69, 9.17) is 0 Å². The molecule has 0 N–H and O–H groups in total. The van der Waals surface area contributed by atoms with Crippen LogP contribution in [0, 0.1) is 27.7 Å². The van der Waals surface area contributed by atoms with Gasteiger partial charge in [0.2, 0.25) is 0 Å². The van der Waals surface area contributed by atoms with Crippen molar-refractivity contribution in [3.05, 3.63) is 469 Å². The van der Waals surface area contributed by atoms with Gasteiger partial charge in [-0.3, -0.25) is 0 Å². The molecule has 678 valence electrons. The normalized spacial score (nSPS) is 12.1. The Kier molecular flexibility index (Phi) is 21.4. The fourth-order valence-electron chi connectivity index (χ4n) is 24.5. The Balaban J connectivity index is 0.000000113. The predicted octanol–water partition coefficient (Wildman–Crippen LogP) is 41.5. The quantitative estimate of drug-likeness (QED) is 0.0946. The van der Waals surface area contributed by atoms with Crippen LogP contribution in [0.4, 0.5) is 0 Å². The summed E-state index contributed by atoms with van der Waals surface area (Å²) in [5, 5.41) is 46.9. The van der Waals surface area contributed by atoms with Gasteiger partial charge in [0.25, 0.3) is 0 Å². The van der Waals surface area contributed by atoms with Gasteiger partial charge in [0.15, 0.2) is 0 Å². The van der Waals surface area contributed by atoms with Crippen molar-refractivity contribution < 1.29 is 0 Å². The van der Waals surface area contributed by atoms with Crippen molar-refractivity contribution in [2.24, 2.45) is 0 Å². The van der Waals surface area contributed by atoms with Gasteiger partial charge < -0.3 is 0 Å². The van der Waals surface area contributed by atoms with Crippen LogP contribution in [0.3, 0.4) is 0 Å². The minimum Gasteiger partial charge on any atom is -0.0622 e. The number of hydrogen-bond donors (Lipinski definition) is 0. The molecular weight excluding hydrogens is 1710 g/mol. The minimum atomic E-state index is 0.426. The lowest BCUT2D eigenvalue weighted by Gasteiger charge is -2.23. The van der Waals surface area contributed by atoms with Crippen LogP contribution in [0.2, 0.25) is 0 Å². The average molecular weight is 1820 g/mol. The topological polar surface area (TPSA) is 0 Å². The first kappa shape index (κ1) is 87.1. The summed E-state index contributed by atoms with van der Waals surface area (Å²) in [7, 11) is 0. The van der Waals surface area contributed by atoms with Crippen LogP contribution in [-0.2, 0) is 0 Å². The zero-order valence-corrected chi connectivity index (χ0v) is 82.7. The predicted molar refractivity (Wildman–Crippen MR) is 622 cm³/mol. The zero-order valence-electron chi connectivity index (χ0n) is 82.7. The maximum atomic E-state index is 2.57. The fraction of sp³-hybridized carbons (Fsp3) is 0.113. The Morgan fingerprint density at radius 1 is 0.120 bits per heavy atom. The molecule has 0 bridgehead atoms. The smallest absolute Gasteiger partial charge is 0.00201 e. The molecule has 0 heteroatoms. The van der Waals surface area contributed by atoms with Gasteiger partial charge in [0.05, 0.1) is 0 Å². The van der Waals surface area contributed by atoms with Crippen molar-refractivity contribution in [1.29, 1.82) is 0 Å². The van der Waals surface area contributed by atoms with Crippen LogP contribution in [-0.4, -0.2) is 0 Å². The maximum absolute atomic E-state index is 2.57. The first-order chi connectivity index (χ1) is 69.4. The third kappa shape index (κ3) is 14.5. The van der Waals surface area contributed by atoms with E-state index < -0.39 is 0 Å². The SMILES string of the molecule is CC(C)c1cc(-c2c3ccccc3c(-c3cc(C(C)C)cc(C(C)C)c3)c3cc4c(cc23)c2ccccc2c2ccc3ccccc3c24)cc(C(C)C)c1.Cc1cc(C)cc(-c2c3ccccc3c(-c3cc(C)cc(C)c3)c3cc4c(cc23)c2ccccc2c2ccc3ccccc3c24)c1.c1ccc(-c2c3ccccc3c(-c3ccccc3)c3cc4c(cc23)c2ccccc2c2ccc3ccccc3c24)cc1. The summed E-state index contributed by atoms with van der Waals surface area (Å²) in [5.74, 6) is 1.71. The second-order valence-electron chi connectivity index (χ2n) is 41.4. The number of fused-ring (bicyclic) bond motifs is 30.